The van der Waals surface area contributed by atoms with Crippen LogP contribution in [0.3, 0.4) is 0 Å². The average Bonchev–Trinajstić information content (AvgIpc) is 3.07. The van der Waals surface area contributed by atoms with E-state index < -0.39 is 5.97 Å². The van der Waals surface area contributed by atoms with E-state index in [-0.39, 0.29) is 5.69 Å². The van der Waals surface area contributed by atoms with Crippen LogP contribution in [0.25, 0.3) is 16.9 Å². The van der Waals surface area contributed by atoms with E-state index in [4.69, 9.17) is 0 Å². The van der Waals surface area contributed by atoms with Crippen molar-refractivity contribution in [2.24, 2.45) is 0 Å². The second-order valence-corrected chi connectivity index (χ2v) is 6.66. The van der Waals surface area contributed by atoms with Crippen molar-refractivity contribution >= 4 is 5.97 Å². The molecule has 1 aliphatic rings. The predicted molar refractivity (Wildman–Crippen MR) is 97.3 cm³/mol. The number of hydrogen-bond acceptors (Lipinski definition) is 2. The lowest BCUT2D eigenvalue weighted by Crippen LogP contribution is -2.04. The van der Waals surface area contributed by atoms with E-state index in [0.29, 0.717) is 0 Å². The van der Waals surface area contributed by atoms with E-state index >= 15 is 0 Å². The average molecular weight is 332 g/mol. The van der Waals surface area contributed by atoms with Crippen molar-refractivity contribution in [1.29, 1.82) is 0 Å². The predicted octanol–water partition coefficient (Wildman–Crippen LogP) is 4.42. The maximum absolute atomic E-state index is 11.5. The molecule has 0 aliphatic heterocycles. The Morgan fingerprint density at radius 1 is 1.04 bits per heavy atom. The zero-order valence-corrected chi connectivity index (χ0v) is 14.2. The van der Waals surface area contributed by atoms with Crippen LogP contribution >= 0.6 is 0 Å². The van der Waals surface area contributed by atoms with Crippen LogP contribution in [0.15, 0.2) is 48.5 Å². The first-order valence-electron chi connectivity index (χ1n) is 8.64. The van der Waals surface area contributed by atoms with Crippen LogP contribution in [0.5, 0.6) is 0 Å². The van der Waals surface area contributed by atoms with Gasteiger partial charge in [-0.25, -0.2) is 9.48 Å². The van der Waals surface area contributed by atoms with Crippen molar-refractivity contribution in [3.05, 3.63) is 70.9 Å². The summed E-state index contributed by atoms with van der Waals surface area (Å²) >= 11 is 0. The Morgan fingerprint density at radius 2 is 1.84 bits per heavy atom. The van der Waals surface area contributed by atoms with Crippen molar-refractivity contribution in [1.82, 2.24) is 9.78 Å². The van der Waals surface area contributed by atoms with Crippen LogP contribution < -0.4 is 0 Å². The lowest BCUT2D eigenvalue weighted by Gasteiger charge is -2.17. The highest BCUT2D eigenvalue weighted by molar-refractivity contribution is 5.87. The van der Waals surface area contributed by atoms with E-state index in [1.54, 1.807) is 10.7 Å². The molecule has 0 atom stereocenters. The second-order valence-electron chi connectivity index (χ2n) is 6.66. The number of benzene rings is 2. The van der Waals surface area contributed by atoms with Gasteiger partial charge >= 0.3 is 5.97 Å². The fourth-order valence-corrected chi connectivity index (χ4v) is 3.54. The molecule has 4 heteroatoms. The Bertz CT molecular complexity index is 956. The molecule has 1 aromatic heterocycles. The molecule has 25 heavy (non-hydrogen) atoms. The summed E-state index contributed by atoms with van der Waals surface area (Å²) < 4.78 is 1.74. The lowest BCUT2D eigenvalue weighted by atomic mass is 9.90. The second kappa shape index (κ2) is 6.20. The third-order valence-electron chi connectivity index (χ3n) is 4.82. The quantitative estimate of drug-likeness (QED) is 0.772. The van der Waals surface area contributed by atoms with Gasteiger partial charge in [-0.2, -0.15) is 5.10 Å². The molecule has 1 aliphatic carbocycles. The Morgan fingerprint density at radius 3 is 2.60 bits per heavy atom. The summed E-state index contributed by atoms with van der Waals surface area (Å²) in [6.45, 7) is 2.02. The molecule has 0 bridgehead atoms. The fraction of sp³-hybridized carbons (Fsp3) is 0.238. The fourth-order valence-electron chi connectivity index (χ4n) is 3.54. The number of aromatic carboxylic acids is 1. The maximum atomic E-state index is 11.5. The number of carboxylic acid groups (broad SMARTS) is 1. The molecule has 0 saturated heterocycles. The zero-order chi connectivity index (χ0) is 17.4. The minimum absolute atomic E-state index is 0.0641. The standard InChI is InChI=1S/C21H20N2O2/c1-14-5-4-8-18(11-14)23-20(13-19(22-23)21(24)25)17-10-9-15-6-2-3-7-16(15)12-17/h4-5,8-13H,2-3,6-7H2,1H3,(H,24,25). The van der Waals surface area contributed by atoms with E-state index in [1.807, 2.05) is 31.2 Å². The first kappa shape index (κ1) is 15.6. The maximum Gasteiger partial charge on any atom is 0.356 e. The molecule has 2 aromatic carbocycles. The lowest BCUT2D eigenvalue weighted by molar-refractivity contribution is 0.0690. The number of aryl methyl sites for hydroxylation is 3. The molecule has 4 rings (SSSR count). The number of rotatable bonds is 3. The van der Waals surface area contributed by atoms with Gasteiger partial charge in [-0.15, -0.1) is 0 Å². The highest BCUT2D eigenvalue weighted by Gasteiger charge is 2.18. The summed E-state index contributed by atoms with van der Waals surface area (Å²) in [5, 5.41) is 13.7. The first-order valence-corrected chi connectivity index (χ1v) is 8.64. The van der Waals surface area contributed by atoms with Crippen LogP contribution in [0.1, 0.15) is 40.0 Å². The molecule has 1 heterocycles. The van der Waals surface area contributed by atoms with Gasteiger partial charge in [0.15, 0.2) is 5.69 Å². The van der Waals surface area contributed by atoms with Crippen LogP contribution in [0.4, 0.5) is 0 Å². The molecule has 3 aromatic rings. The van der Waals surface area contributed by atoms with E-state index in [2.05, 4.69) is 23.3 Å². The number of nitrogens with zero attached hydrogens (tertiary/aromatic N) is 2. The summed E-state index contributed by atoms with van der Waals surface area (Å²) in [6.07, 6.45) is 4.69. The molecule has 4 nitrogen and oxygen atoms in total. The molecule has 0 fully saturated rings. The Kier molecular flexibility index (Phi) is 3.88. The molecular formula is C21H20N2O2. The number of carbonyl (C=O) groups is 1. The van der Waals surface area contributed by atoms with Crippen LogP contribution in [0.2, 0.25) is 0 Å². The summed E-state index contributed by atoms with van der Waals surface area (Å²) in [6, 6.07) is 16.1. The molecule has 0 spiro atoms. The molecular weight excluding hydrogens is 312 g/mol. The molecule has 126 valence electrons. The van der Waals surface area contributed by atoms with Crippen molar-refractivity contribution in [3.8, 4) is 16.9 Å². The van der Waals surface area contributed by atoms with Crippen molar-refractivity contribution in [2.75, 3.05) is 0 Å². The first-order chi connectivity index (χ1) is 12.1. The van der Waals surface area contributed by atoms with Gasteiger partial charge in [-0.05, 0) is 73.6 Å². The summed E-state index contributed by atoms with van der Waals surface area (Å²) in [7, 11) is 0. The van der Waals surface area contributed by atoms with E-state index in [0.717, 1.165) is 35.3 Å². The van der Waals surface area contributed by atoms with Crippen LogP contribution in [0, 0.1) is 6.92 Å². The minimum atomic E-state index is -1.01. The number of hydrogen-bond donors (Lipinski definition) is 1. The topological polar surface area (TPSA) is 55.1 Å². The monoisotopic (exact) mass is 332 g/mol. The third kappa shape index (κ3) is 2.95. The van der Waals surface area contributed by atoms with Crippen LogP contribution in [-0.4, -0.2) is 20.9 Å². The summed E-state index contributed by atoms with van der Waals surface area (Å²) in [5.74, 6) is -1.01. The molecule has 1 N–H and O–H groups in total. The van der Waals surface area contributed by atoms with E-state index in [9.17, 15) is 9.90 Å². The van der Waals surface area contributed by atoms with Gasteiger partial charge in [0.25, 0.3) is 0 Å². The third-order valence-corrected chi connectivity index (χ3v) is 4.82. The van der Waals surface area contributed by atoms with Crippen molar-refractivity contribution in [3.63, 3.8) is 0 Å². The largest absolute Gasteiger partial charge is 0.476 e. The summed E-state index contributed by atoms with van der Waals surface area (Å²) in [5.41, 5.74) is 6.67. The highest BCUT2D eigenvalue weighted by Crippen LogP contribution is 2.29. The van der Waals surface area contributed by atoms with Gasteiger partial charge in [0, 0.05) is 5.56 Å². The smallest absolute Gasteiger partial charge is 0.356 e. The van der Waals surface area contributed by atoms with Crippen molar-refractivity contribution in [2.45, 2.75) is 32.6 Å². The SMILES string of the molecule is Cc1cccc(-n2nc(C(=O)O)cc2-c2ccc3c(c2)CCCC3)c1. The number of carboxylic acids is 1. The molecule has 0 amide bonds. The Labute approximate surface area is 146 Å². The number of fused-ring (bicyclic) bond motifs is 1. The molecule has 0 unspecified atom stereocenters. The zero-order valence-electron chi connectivity index (χ0n) is 14.2. The Hall–Kier alpha value is -2.88. The molecule has 0 radical (unpaired) electrons. The minimum Gasteiger partial charge on any atom is -0.476 e. The molecule has 0 saturated carbocycles. The van der Waals surface area contributed by atoms with Gasteiger partial charge in [-0.3, -0.25) is 0 Å². The van der Waals surface area contributed by atoms with Gasteiger partial charge in [-0.1, -0.05) is 24.3 Å². The van der Waals surface area contributed by atoms with Gasteiger partial charge in [0.2, 0.25) is 0 Å². The van der Waals surface area contributed by atoms with Crippen molar-refractivity contribution < 1.29 is 9.90 Å². The number of aromatic nitrogens is 2. The normalized spacial score (nSPS) is 13.5. The highest BCUT2D eigenvalue weighted by atomic mass is 16.4. The summed E-state index contributed by atoms with van der Waals surface area (Å²) in [4.78, 5) is 11.5. The van der Waals surface area contributed by atoms with Gasteiger partial charge < -0.3 is 5.11 Å². The van der Waals surface area contributed by atoms with E-state index in [1.165, 1.54) is 24.0 Å². The Balaban J connectivity index is 1.87. The van der Waals surface area contributed by atoms with Gasteiger partial charge in [0.1, 0.15) is 0 Å². The van der Waals surface area contributed by atoms with Gasteiger partial charge in [0.05, 0.1) is 11.4 Å². The van der Waals surface area contributed by atoms with Crippen LogP contribution in [-0.2, 0) is 12.8 Å².